The van der Waals surface area contributed by atoms with Gasteiger partial charge in [0.2, 0.25) is 40.7 Å². The number of fused-ring (bicyclic) bond motifs is 5. The smallest absolute Gasteiger partial charge is 0.467 e. The van der Waals surface area contributed by atoms with Crippen LogP contribution in [0.15, 0.2) is 44.3 Å². The quantitative estimate of drug-likeness (QED) is 0.0105. The number of ether oxygens (including phenoxy) is 13. The molecule has 0 aromatic carbocycles. The summed E-state index contributed by atoms with van der Waals surface area (Å²) in [5.74, 6) is -10.0. The standard InChI is InChI=1S/C20H22N6O11.C20H23N5O9.C11H15N5O5.C10H12N6O6.C10H13N5O4.C4H6O3/c1-8(27)25(9(2)28)18-14-17(22-20(23-18)26(32)33)24(7-21-14)19-16(36-12(5)31)15(35-11(4)30)13(37-19)6-34-10(3)29;1-9(26)25(10(2)27)19-15-18(21-7-22-19)24(8-23-15)20-17(33-13(5)30)16(32-12(4)29)14(34-20)6-31-11(3)28;1-20-11-14-8(12)5-9(15-11)16(3-13-5)10-7(19)6(18)4(2-17)21-10;11-7-4-8(14-10(13-7)16(20)21)15(2-12-4)9-6(19)5(18)3(1-17)22-9;11-8-5-9(13-2-12-8)15(3-14-5)10-7(18)6(17)4(1-16)19-10;1-3(5)7-4(2)6/h7,13,15-16,19H,6H2,1-5H3;7-8,14,16-17,20H,6H2,1-5H3;3-4,6-7,10,17-19H,2H2,1H3,(H2,12,14,15);2-3,5-6,9,17-19H,1H2,(H2,11,13,14);2-4,6-7,10,16-18H,1H2,(H2,11,12,13);1-2H3/t13-,15+,16?,19-;14-,16+,17?,20-;4-,6+,7?,10-;3-,5+,6?,9-;4-,6+,7?,10-;/m11111./s1. The molecule has 20 atom stereocenters. The van der Waals surface area contributed by atoms with Crippen LogP contribution in [0, 0.1) is 20.2 Å². The molecule has 5 unspecified atom stereocenters. The van der Waals surface area contributed by atoms with Gasteiger partial charge in [-0.25, -0.2) is 54.7 Å². The maximum absolute atomic E-state index is 12.1. The first kappa shape index (κ1) is 106. The summed E-state index contributed by atoms with van der Waals surface area (Å²) < 4.78 is 74.9. The van der Waals surface area contributed by atoms with Crippen LogP contribution in [0.3, 0.4) is 0 Å². The number of nitrogens with zero attached hydrogens (tertiary/aromatic N) is 24. The number of esters is 8. The molecule has 0 bridgehead atoms. The van der Waals surface area contributed by atoms with E-state index in [9.17, 15) is 108 Å². The molecule has 0 spiro atoms. The number of amides is 4. The summed E-state index contributed by atoms with van der Waals surface area (Å²) in [4.78, 5) is 219. The van der Waals surface area contributed by atoms with Crippen LogP contribution in [0.4, 0.5) is 41.0 Å². The number of carbonyl (C=O) groups excluding carboxylic acids is 12. The van der Waals surface area contributed by atoms with Gasteiger partial charge in [0.15, 0.2) is 112 Å². The highest BCUT2D eigenvalue weighted by molar-refractivity contribution is 6.16. The molecule has 10 aromatic rings. The molecular weight excluding hydrogens is 1890 g/mol. The molecule has 5 aliphatic rings. The van der Waals surface area contributed by atoms with Crippen molar-refractivity contribution in [3.63, 3.8) is 0 Å². The number of imidazole rings is 5. The third-order valence-corrected chi connectivity index (χ3v) is 20.1. The summed E-state index contributed by atoms with van der Waals surface area (Å²) in [5, 5.41) is 109. The Labute approximate surface area is 781 Å². The maximum Gasteiger partial charge on any atom is 0.473 e. The summed E-state index contributed by atoms with van der Waals surface area (Å²) in [6, 6.07) is 0.0495. The number of methoxy groups -OCH3 is 1. The Morgan fingerprint density at radius 2 is 0.664 bits per heavy atom. The Morgan fingerprint density at radius 3 is 1.01 bits per heavy atom. The molecule has 0 radical (unpaired) electrons. The topological polar surface area (TPSA) is 896 Å². The van der Waals surface area contributed by atoms with E-state index < -0.39 is 248 Å². The number of aromatic nitrogens is 20. The molecule has 15 heterocycles. The minimum absolute atomic E-state index is 0.0194. The molecule has 65 heteroatoms. The number of aliphatic hydroxyl groups excluding tert-OH is 9. The van der Waals surface area contributed by atoms with Gasteiger partial charge >= 0.3 is 65.7 Å². The second-order valence-electron chi connectivity index (χ2n) is 30.0. The first-order valence-corrected chi connectivity index (χ1v) is 40.7. The van der Waals surface area contributed by atoms with Crippen molar-refractivity contribution < 1.29 is 175 Å². The van der Waals surface area contributed by atoms with Gasteiger partial charge in [0.05, 0.1) is 45.9 Å². The molecule has 5 saturated heterocycles. The maximum atomic E-state index is 12.1. The van der Waals surface area contributed by atoms with Crippen molar-refractivity contribution in [1.82, 2.24) is 97.6 Å². The van der Waals surface area contributed by atoms with Crippen LogP contribution >= 0.6 is 0 Å². The number of nitrogens with two attached hydrogens (primary N) is 3. The number of rotatable bonds is 21. The van der Waals surface area contributed by atoms with Gasteiger partial charge in [-0.05, 0) is 29.8 Å². The van der Waals surface area contributed by atoms with Crippen molar-refractivity contribution >= 4 is 168 Å². The van der Waals surface area contributed by atoms with E-state index in [1.54, 1.807) is 0 Å². The highest BCUT2D eigenvalue weighted by atomic mass is 16.7. The average molecular weight is 1980 g/mol. The molecular formula is C75H91N27O38. The normalized spacial score (nSPS) is 24.2. The molecule has 0 aliphatic carbocycles. The molecule has 754 valence electrons. The first-order valence-electron chi connectivity index (χ1n) is 40.7. The second-order valence-corrected chi connectivity index (χ2v) is 30.0. The van der Waals surface area contributed by atoms with Crippen LogP contribution in [0.2, 0.25) is 0 Å². The largest absolute Gasteiger partial charge is 0.473 e. The number of carbonyl (C=O) groups is 12. The summed E-state index contributed by atoms with van der Waals surface area (Å²) in [6.07, 6.45) is -13.8. The van der Waals surface area contributed by atoms with Crippen LogP contribution in [0.5, 0.6) is 6.01 Å². The van der Waals surface area contributed by atoms with E-state index in [0.29, 0.717) is 27.2 Å². The van der Waals surface area contributed by atoms with Crippen molar-refractivity contribution in [1.29, 1.82) is 0 Å². The number of imide groups is 2. The third-order valence-electron chi connectivity index (χ3n) is 20.1. The molecule has 0 saturated carbocycles. The predicted octanol–water partition coefficient (Wildman–Crippen LogP) is -5.92. The summed E-state index contributed by atoms with van der Waals surface area (Å²) in [6.45, 7) is 11.8. The highest BCUT2D eigenvalue weighted by Crippen LogP contribution is 2.42. The Balaban J connectivity index is 0.000000181. The van der Waals surface area contributed by atoms with Crippen molar-refractivity contribution in [3.05, 3.63) is 64.5 Å². The Kier molecular flexibility index (Phi) is 34.7. The number of anilines is 5. The van der Waals surface area contributed by atoms with Gasteiger partial charge in [-0.15, -0.1) is 0 Å². The van der Waals surface area contributed by atoms with Gasteiger partial charge in [0, 0.05) is 83.1 Å². The lowest BCUT2D eigenvalue weighted by Crippen LogP contribution is -2.40. The van der Waals surface area contributed by atoms with E-state index >= 15 is 0 Å². The van der Waals surface area contributed by atoms with Gasteiger partial charge in [0.1, 0.15) is 111 Å². The van der Waals surface area contributed by atoms with E-state index in [0.717, 1.165) is 56.7 Å². The van der Waals surface area contributed by atoms with Crippen molar-refractivity contribution in [3.8, 4) is 6.01 Å². The van der Waals surface area contributed by atoms with Gasteiger partial charge in [-0.2, -0.15) is 9.97 Å². The zero-order chi connectivity index (χ0) is 103. The van der Waals surface area contributed by atoms with Crippen LogP contribution in [-0.4, -0.2) is 356 Å². The number of nitro groups is 2. The van der Waals surface area contributed by atoms with E-state index in [4.69, 9.17) is 89.4 Å². The predicted molar refractivity (Wildman–Crippen MR) is 452 cm³/mol. The summed E-state index contributed by atoms with van der Waals surface area (Å²) in [5.41, 5.74) is 18.3. The highest BCUT2D eigenvalue weighted by Gasteiger charge is 2.55. The lowest BCUT2D eigenvalue weighted by molar-refractivity contribution is -0.394. The summed E-state index contributed by atoms with van der Waals surface area (Å²) >= 11 is 0. The number of nitrogen functional groups attached to an aromatic ring is 3. The van der Waals surface area contributed by atoms with Gasteiger partial charge < -0.3 is 145 Å². The lowest BCUT2D eigenvalue weighted by Gasteiger charge is -2.23. The fraction of sp³-hybridized carbons (Fsp3) is 0.507. The van der Waals surface area contributed by atoms with E-state index in [1.807, 2.05) is 0 Å². The fourth-order valence-electron chi connectivity index (χ4n) is 14.4. The van der Waals surface area contributed by atoms with Crippen molar-refractivity contribution in [2.24, 2.45) is 0 Å². The first-order chi connectivity index (χ1) is 66.1. The number of hydrogen-bond donors (Lipinski definition) is 12. The summed E-state index contributed by atoms with van der Waals surface area (Å²) in [7, 11) is 1.40. The van der Waals surface area contributed by atoms with E-state index in [2.05, 4.69) is 79.5 Å². The van der Waals surface area contributed by atoms with Gasteiger partial charge in [-0.3, -0.25) is 80.4 Å². The second kappa shape index (κ2) is 45.6. The number of hydrogen-bond acceptors (Lipinski definition) is 56. The minimum atomic E-state index is -1.37. The van der Waals surface area contributed by atoms with Crippen LogP contribution in [-0.2, 0) is 114 Å². The van der Waals surface area contributed by atoms with Crippen molar-refractivity contribution in [2.75, 3.05) is 67.1 Å². The SMILES string of the molecule is CC(=O)OC(C)=O.CC(=O)OC[C@H]1O[C@@H](n2cnc3c(N(C(C)=O)C(C)=O)nc([N+](=O)[O-])nc32)C(OC(C)=O)[C@H]1OC(C)=O.CC(=O)OC[C@H]1O[C@@H](n2cnc3c(N(C(C)=O)C(C)=O)ncnc32)C(OC(C)=O)[C@H]1OC(C)=O.COc1nc(N)c2ncn([C@@H]3O[C@H](CO)[C@H](O)C3O)c2n1.Nc1nc([N+](=O)[O-])nc2c1ncn2[C@@H]1O[C@H](CO)[C@H](O)C1O.Nc1ncnc2c1ncn2[C@@H]1O[C@H](CO)[C@H](O)C1O. The minimum Gasteiger partial charge on any atom is -0.467 e. The monoisotopic (exact) mass is 1980 g/mol. The zero-order valence-electron chi connectivity index (χ0n) is 75.5. The Morgan fingerprint density at radius 1 is 0.357 bits per heavy atom. The van der Waals surface area contributed by atoms with Crippen LogP contribution in [0.1, 0.15) is 114 Å². The van der Waals surface area contributed by atoms with E-state index in [1.165, 1.54) is 105 Å². The molecule has 15 N–H and O–H groups in total. The molecule has 10 aromatic heterocycles. The van der Waals surface area contributed by atoms with Crippen molar-refractivity contribution in [2.45, 2.75) is 206 Å². The Hall–Kier alpha value is -15.6. The Bertz CT molecular complexity index is 6290. The van der Waals surface area contributed by atoms with Crippen LogP contribution < -0.4 is 31.7 Å². The van der Waals surface area contributed by atoms with Gasteiger partial charge in [0.25, 0.3) is 5.82 Å². The third kappa shape index (κ3) is 23.8. The fourth-order valence-corrected chi connectivity index (χ4v) is 14.4. The molecule has 65 nitrogen and oxygen atoms in total. The molecule has 15 rings (SSSR count). The molecule has 140 heavy (non-hydrogen) atoms. The van der Waals surface area contributed by atoms with E-state index in [-0.39, 0.29) is 69.4 Å². The lowest BCUT2D eigenvalue weighted by atomic mass is 10.1. The molecule has 5 aliphatic heterocycles. The number of aliphatic hydroxyl groups is 9. The van der Waals surface area contributed by atoms with Gasteiger partial charge in [-0.1, -0.05) is 0 Å². The molecule has 4 amide bonds. The average Bonchev–Trinajstić information content (AvgIpc) is 1.59. The zero-order valence-corrected chi connectivity index (χ0v) is 75.5. The molecule has 5 fully saturated rings. The van der Waals surface area contributed by atoms with Crippen LogP contribution in [0.25, 0.3) is 55.8 Å².